The number of aliphatic imine (C=N–C) groups is 1. The number of carbonyl (C=O) groups excluding carboxylic acids is 1. The first-order valence-electron chi connectivity index (χ1n) is 10.1. The number of rotatable bonds is 2. The van der Waals surface area contributed by atoms with Crippen LogP contribution in [0.2, 0.25) is 0 Å². The first-order valence-corrected chi connectivity index (χ1v) is 10.1. The summed E-state index contributed by atoms with van der Waals surface area (Å²) >= 11 is 0. The minimum Gasteiger partial charge on any atom is -0.454 e. The summed E-state index contributed by atoms with van der Waals surface area (Å²) < 4.78 is 11.8. The lowest BCUT2D eigenvalue weighted by Crippen LogP contribution is -2.41. The van der Waals surface area contributed by atoms with Gasteiger partial charge >= 0.3 is 0 Å². The van der Waals surface area contributed by atoms with Crippen molar-refractivity contribution in [1.82, 2.24) is 10.4 Å². The third kappa shape index (κ3) is 3.76. The van der Waals surface area contributed by atoms with Gasteiger partial charge in [-0.1, -0.05) is 30.3 Å². The molecular weight excluding hydrogens is 394 g/mol. The van der Waals surface area contributed by atoms with Crippen molar-refractivity contribution in [2.45, 2.75) is 0 Å². The van der Waals surface area contributed by atoms with E-state index in [4.69, 9.17) is 19.7 Å². The minimum atomic E-state index is -0.540. The number of fused-ring (bicyclic) bond motifs is 2. The Morgan fingerprint density at radius 3 is 2.45 bits per heavy atom. The van der Waals surface area contributed by atoms with Gasteiger partial charge < -0.3 is 14.4 Å². The van der Waals surface area contributed by atoms with Crippen LogP contribution in [0.25, 0.3) is 11.1 Å². The minimum absolute atomic E-state index is 0.385. The molecule has 3 aromatic carbocycles. The van der Waals surface area contributed by atoms with Gasteiger partial charge in [-0.05, 0) is 47.5 Å². The molecule has 0 unspecified atom stereocenters. The third-order valence-electron chi connectivity index (χ3n) is 5.42. The molecule has 0 atom stereocenters. The summed E-state index contributed by atoms with van der Waals surface area (Å²) in [7, 11) is 0. The Hall–Kier alpha value is -3.68. The standard InChI is InChI=1S/C24H21N3O4/c28-24(26-29)17-7-5-16(6-8-17)18-9-10-21-19(15-18)23(27-11-13-30-14-12-27)25-20-3-1-2-4-22(20)31-21/h1-10,15,29H,11-14H2,(H,26,28). The second-order valence-electron chi connectivity index (χ2n) is 7.33. The van der Waals surface area contributed by atoms with E-state index >= 15 is 0 Å². The molecule has 0 saturated carbocycles. The van der Waals surface area contributed by atoms with Crippen LogP contribution in [0, 0.1) is 0 Å². The van der Waals surface area contributed by atoms with Gasteiger partial charge in [-0.15, -0.1) is 0 Å². The number of amidine groups is 1. The predicted octanol–water partition coefficient (Wildman–Crippen LogP) is 3.99. The number of hydroxylamine groups is 1. The van der Waals surface area contributed by atoms with E-state index in [-0.39, 0.29) is 0 Å². The van der Waals surface area contributed by atoms with Gasteiger partial charge in [0.2, 0.25) is 0 Å². The zero-order valence-corrected chi connectivity index (χ0v) is 16.7. The zero-order chi connectivity index (χ0) is 21.2. The maximum atomic E-state index is 11.6. The Morgan fingerprint density at radius 1 is 0.935 bits per heavy atom. The number of para-hydroxylation sites is 2. The van der Waals surface area contributed by atoms with Crippen molar-refractivity contribution >= 4 is 17.4 Å². The molecule has 2 aliphatic rings. The van der Waals surface area contributed by atoms with E-state index in [2.05, 4.69) is 11.0 Å². The first kappa shape index (κ1) is 19.3. The number of benzene rings is 3. The molecule has 2 aliphatic heterocycles. The maximum absolute atomic E-state index is 11.6. The summed E-state index contributed by atoms with van der Waals surface area (Å²) in [5.74, 6) is 1.79. The maximum Gasteiger partial charge on any atom is 0.274 e. The SMILES string of the molecule is O=C(NO)c1ccc(-c2ccc3c(c2)C(N2CCOCC2)=Nc2ccccc2O3)cc1. The van der Waals surface area contributed by atoms with Crippen LogP contribution in [0.15, 0.2) is 71.7 Å². The molecule has 1 fully saturated rings. The number of carbonyl (C=O) groups is 1. The fourth-order valence-electron chi connectivity index (χ4n) is 3.80. The van der Waals surface area contributed by atoms with Gasteiger partial charge in [0.25, 0.3) is 5.91 Å². The molecule has 1 amide bonds. The fourth-order valence-corrected chi connectivity index (χ4v) is 3.80. The molecule has 7 heteroatoms. The monoisotopic (exact) mass is 415 g/mol. The van der Waals surface area contributed by atoms with E-state index in [1.54, 1.807) is 17.6 Å². The van der Waals surface area contributed by atoms with Crippen LogP contribution in [0.1, 0.15) is 15.9 Å². The zero-order valence-electron chi connectivity index (χ0n) is 16.7. The van der Waals surface area contributed by atoms with E-state index in [0.29, 0.717) is 18.8 Å². The van der Waals surface area contributed by atoms with Gasteiger partial charge in [0.15, 0.2) is 5.75 Å². The van der Waals surface area contributed by atoms with Crippen LogP contribution in [0.4, 0.5) is 5.69 Å². The van der Waals surface area contributed by atoms with Crippen LogP contribution in [-0.4, -0.2) is 48.2 Å². The van der Waals surface area contributed by atoms with Crippen molar-refractivity contribution in [1.29, 1.82) is 0 Å². The van der Waals surface area contributed by atoms with E-state index in [0.717, 1.165) is 52.8 Å². The molecule has 2 heterocycles. The smallest absolute Gasteiger partial charge is 0.274 e. The number of nitrogens with one attached hydrogen (secondary N) is 1. The van der Waals surface area contributed by atoms with Gasteiger partial charge in [-0.25, -0.2) is 10.5 Å². The lowest BCUT2D eigenvalue weighted by atomic mass is 10.00. The summed E-state index contributed by atoms with van der Waals surface area (Å²) in [4.78, 5) is 18.8. The summed E-state index contributed by atoms with van der Waals surface area (Å²) in [5.41, 5.74) is 5.66. The van der Waals surface area contributed by atoms with Crippen molar-refractivity contribution in [2.75, 3.05) is 26.3 Å². The van der Waals surface area contributed by atoms with E-state index in [1.165, 1.54) is 0 Å². The highest BCUT2D eigenvalue weighted by molar-refractivity contribution is 6.04. The number of ether oxygens (including phenoxy) is 2. The Labute approximate surface area is 179 Å². The van der Waals surface area contributed by atoms with Crippen molar-refractivity contribution in [2.24, 2.45) is 4.99 Å². The van der Waals surface area contributed by atoms with Crippen molar-refractivity contribution < 1.29 is 19.5 Å². The summed E-state index contributed by atoms with van der Waals surface area (Å²) in [6, 6.07) is 20.8. The van der Waals surface area contributed by atoms with Crippen molar-refractivity contribution in [3.63, 3.8) is 0 Å². The van der Waals surface area contributed by atoms with E-state index < -0.39 is 5.91 Å². The number of amides is 1. The highest BCUT2D eigenvalue weighted by Gasteiger charge is 2.24. The molecule has 31 heavy (non-hydrogen) atoms. The molecule has 0 bridgehead atoms. The summed E-state index contributed by atoms with van der Waals surface area (Å²) in [6.07, 6.45) is 0. The van der Waals surface area contributed by atoms with Crippen LogP contribution in [0.3, 0.4) is 0 Å². The fraction of sp³-hybridized carbons (Fsp3) is 0.167. The van der Waals surface area contributed by atoms with E-state index in [9.17, 15) is 4.79 Å². The molecule has 156 valence electrons. The van der Waals surface area contributed by atoms with Gasteiger partial charge in [0, 0.05) is 18.7 Å². The molecular formula is C24H21N3O4. The van der Waals surface area contributed by atoms with Crippen LogP contribution < -0.4 is 10.2 Å². The average Bonchev–Trinajstić information content (AvgIpc) is 3.00. The number of hydrogen-bond acceptors (Lipinski definition) is 6. The lowest BCUT2D eigenvalue weighted by Gasteiger charge is -2.30. The van der Waals surface area contributed by atoms with Gasteiger partial charge in [-0.2, -0.15) is 0 Å². The molecule has 7 nitrogen and oxygen atoms in total. The number of hydrogen-bond donors (Lipinski definition) is 2. The van der Waals surface area contributed by atoms with Crippen LogP contribution >= 0.6 is 0 Å². The van der Waals surface area contributed by atoms with Crippen LogP contribution in [-0.2, 0) is 4.74 Å². The van der Waals surface area contributed by atoms with Gasteiger partial charge in [0.05, 0.1) is 18.8 Å². The van der Waals surface area contributed by atoms with E-state index in [1.807, 2.05) is 48.5 Å². The third-order valence-corrected chi connectivity index (χ3v) is 5.42. The molecule has 0 aliphatic carbocycles. The molecule has 1 saturated heterocycles. The Kier molecular flexibility index (Phi) is 5.11. The van der Waals surface area contributed by atoms with Crippen LogP contribution in [0.5, 0.6) is 11.5 Å². The molecule has 0 aromatic heterocycles. The normalized spacial score (nSPS) is 15.1. The molecule has 2 N–H and O–H groups in total. The lowest BCUT2D eigenvalue weighted by molar-refractivity contribution is 0.0683. The highest BCUT2D eigenvalue weighted by atomic mass is 16.5. The topological polar surface area (TPSA) is 83.4 Å². The summed E-state index contributed by atoms with van der Waals surface area (Å²) in [5, 5.41) is 8.82. The first-order chi connectivity index (χ1) is 15.2. The van der Waals surface area contributed by atoms with Crippen molar-refractivity contribution in [3.05, 3.63) is 77.9 Å². The van der Waals surface area contributed by atoms with Crippen molar-refractivity contribution in [3.8, 4) is 22.6 Å². The summed E-state index contributed by atoms with van der Waals surface area (Å²) in [6.45, 7) is 2.83. The number of nitrogens with zero attached hydrogens (tertiary/aromatic N) is 2. The predicted molar refractivity (Wildman–Crippen MR) is 116 cm³/mol. The van der Waals surface area contributed by atoms with Gasteiger partial charge in [-0.3, -0.25) is 10.0 Å². The largest absolute Gasteiger partial charge is 0.454 e. The second kappa shape index (κ2) is 8.22. The molecule has 3 aromatic rings. The quantitative estimate of drug-likeness (QED) is 0.489. The highest BCUT2D eigenvalue weighted by Crippen LogP contribution is 2.39. The average molecular weight is 415 g/mol. The Bertz CT molecular complexity index is 1150. The van der Waals surface area contributed by atoms with Gasteiger partial charge in [0.1, 0.15) is 17.3 Å². The molecule has 5 rings (SSSR count). The Balaban J connectivity index is 1.59. The molecule has 0 radical (unpaired) electrons. The number of morpholine rings is 1. The second-order valence-corrected chi connectivity index (χ2v) is 7.33. The molecule has 0 spiro atoms. The Morgan fingerprint density at radius 2 is 1.68 bits per heavy atom.